The lowest BCUT2D eigenvalue weighted by Gasteiger charge is -2.08. The fourth-order valence-corrected chi connectivity index (χ4v) is 1.31. The zero-order valence-electron chi connectivity index (χ0n) is 11.7. The molecule has 0 unspecified atom stereocenters. The molecule has 0 N–H and O–H groups in total. The average Bonchev–Trinajstić information content (AvgIpc) is 2.25. The summed E-state index contributed by atoms with van der Waals surface area (Å²) in [6, 6.07) is 4.56. The maximum absolute atomic E-state index is 12.0. The van der Waals surface area contributed by atoms with Crippen molar-refractivity contribution in [3.63, 3.8) is 0 Å². The summed E-state index contributed by atoms with van der Waals surface area (Å²) >= 11 is 5.64. The van der Waals surface area contributed by atoms with E-state index >= 15 is 0 Å². The molecule has 0 aliphatic carbocycles. The lowest BCUT2D eigenvalue weighted by Crippen LogP contribution is -2.11. The summed E-state index contributed by atoms with van der Waals surface area (Å²) in [6.07, 6.45) is -3.91. The van der Waals surface area contributed by atoms with Crippen LogP contribution < -0.4 is 0 Å². The first kappa shape index (κ1) is 19.6. The number of alkyl halides is 3. The van der Waals surface area contributed by atoms with Gasteiger partial charge in [-0.2, -0.15) is 13.2 Å². The van der Waals surface area contributed by atoms with Crippen molar-refractivity contribution in [3.05, 3.63) is 34.3 Å². The fraction of sp³-hybridized carbons (Fsp3) is 0.571. The molecule has 0 saturated heterocycles. The van der Waals surface area contributed by atoms with Crippen LogP contribution >= 0.6 is 11.6 Å². The highest BCUT2D eigenvalue weighted by molar-refractivity contribution is 6.31. The molecule has 0 aromatic heterocycles. The van der Waals surface area contributed by atoms with Crippen molar-refractivity contribution in [2.24, 2.45) is 0 Å². The quantitative estimate of drug-likeness (QED) is 0.575. The topological polar surface area (TPSA) is 0 Å². The first-order valence-corrected chi connectivity index (χ1v) is 6.49. The van der Waals surface area contributed by atoms with E-state index in [1.807, 2.05) is 13.8 Å². The number of halogens is 4. The van der Waals surface area contributed by atoms with Gasteiger partial charge in [0.25, 0.3) is 0 Å². The Morgan fingerprint density at radius 1 is 1.11 bits per heavy atom. The van der Waals surface area contributed by atoms with Crippen molar-refractivity contribution in [1.82, 2.24) is 0 Å². The molecule has 1 rings (SSSR count). The summed E-state index contributed by atoms with van der Waals surface area (Å²) in [6.45, 7) is 10.0. The molecule has 4 heteroatoms. The van der Waals surface area contributed by atoms with Crippen LogP contribution in [0.25, 0.3) is 0 Å². The smallest absolute Gasteiger partial charge is 0.171 e. The minimum atomic E-state index is -4.20. The Kier molecular flexibility index (Phi) is 11.2. The van der Waals surface area contributed by atoms with Crippen molar-refractivity contribution in [3.8, 4) is 0 Å². The Labute approximate surface area is 113 Å². The van der Waals surface area contributed by atoms with E-state index in [-0.39, 0.29) is 10.6 Å². The highest BCUT2D eigenvalue weighted by Gasteiger charge is 2.28. The van der Waals surface area contributed by atoms with Crippen molar-refractivity contribution < 1.29 is 13.2 Å². The van der Waals surface area contributed by atoms with E-state index in [4.69, 9.17) is 11.6 Å². The molecule has 0 radical (unpaired) electrons. The third kappa shape index (κ3) is 10.5. The van der Waals surface area contributed by atoms with Crippen LogP contribution in [0.3, 0.4) is 0 Å². The Balaban J connectivity index is 0. The molecule has 106 valence electrons. The molecule has 0 fully saturated rings. The van der Waals surface area contributed by atoms with Crippen LogP contribution in [0.4, 0.5) is 13.2 Å². The summed E-state index contributed by atoms with van der Waals surface area (Å²) in [5.41, 5.74) is 0.982. The molecule has 1 aromatic rings. The van der Waals surface area contributed by atoms with Gasteiger partial charge in [-0.25, -0.2) is 0 Å². The molecule has 0 amide bonds. The number of hydrogen-bond donors (Lipinski definition) is 0. The molecule has 0 heterocycles. The normalized spacial score (nSPS) is 9.83. The van der Waals surface area contributed by atoms with Gasteiger partial charge in [0.05, 0.1) is 6.42 Å². The van der Waals surface area contributed by atoms with E-state index < -0.39 is 12.6 Å². The lowest BCUT2D eigenvalue weighted by molar-refractivity contribution is -0.127. The van der Waals surface area contributed by atoms with Crippen LogP contribution in [0.5, 0.6) is 0 Å². The molecular weight excluding hydrogens is 261 g/mol. The van der Waals surface area contributed by atoms with Gasteiger partial charge in [-0.3, -0.25) is 0 Å². The van der Waals surface area contributed by atoms with E-state index in [1.54, 1.807) is 13.0 Å². The van der Waals surface area contributed by atoms with Gasteiger partial charge in [0, 0.05) is 5.02 Å². The van der Waals surface area contributed by atoms with Gasteiger partial charge in [-0.1, -0.05) is 57.8 Å². The van der Waals surface area contributed by atoms with E-state index in [0.29, 0.717) is 0 Å². The van der Waals surface area contributed by atoms with Crippen LogP contribution in [0, 0.1) is 6.92 Å². The Bertz CT molecular complexity index is 319. The number of benzene rings is 1. The monoisotopic (exact) mass is 282 g/mol. The third-order valence-corrected chi connectivity index (χ3v) is 1.95. The van der Waals surface area contributed by atoms with Crippen LogP contribution in [-0.4, -0.2) is 6.18 Å². The first-order chi connectivity index (χ1) is 8.30. The number of aryl methyl sites for hydroxylation is 1. The molecule has 0 aliphatic rings. The van der Waals surface area contributed by atoms with Crippen molar-refractivity contribution in [1.29, 1.82) is 0 Å². The molecule has 0 bridgehead atoms. The summed E-state index contributed by atoms with van der Waals surface area (Å²) in [5.74, 6) is 0. The Hall–Kier alpha value is -0.700. The lowest BCUT2D eigenvalue weighted by atomic mass is 10.1. The molecule has 1 aromatic carbocycles. The van der Waals surface area contributed by atoms with Crippen LogP contribution in [0.2, 0.25) is 5.02 Å². The predicted octanol–water partition coefficient (Wildman–Crippen LogP) is 6.20. The first-order valence-electron chi connectivity index (χ1n) is 6.12. The van der Waals surface area contributed by atoms with E-state index in [1.165, 1.54) is 18.6 Å². The molecular formula is C14H22ClF3. The van der Waals surface area contributed by atoms with Gasteiger partial charge in [0.15, 0.2) is 0 Å². The second-order valence-corrected chi connectivity index (χ2v) is 4.00. The largest absolute Gasteiger partial charge is 0.393 e. The summed E-state index contributed by atoms with van der Waals surface area (Å²) in [5, 5.41) is 0.178. The molecule has 0 nitrogen and oxygen atoms in total. The fourth-order valence-electron chi connectivity index (χ4n) is 1.01. The number of rotatable bonds is 1. The van der Waals surface area contributed by atoms with Gasteiger partial charge in [-0.15, -0.1) is 0 Å². The standard InChI is InChI=1S/C9H8ClF3.C3H8.C2H6/c1-6-2-3-7(8(10)4-6)5-9(11,12)13;1-3-2;1-2/h2-4H,5H2,1H3;3H2,1-2H3;1-2H3. The second kappa shape index (κ2) is 10.2. The van der Waals surface area contributed by atoms with Crippen LogP contribution in [0.15, 0.2) is 18.2 Å². The highest BCUT2D eigenvalue weighted by Crippen LogP contribution is 2.26. The maximum atomic E-state index is 12.0. The highest BCUT2D eigenvalue weighted by atomic mass is 35.5. The predicted molar refractivity (Wildman–Crippen MR) is 73.3 cm³/mol. The number of hydrogen-bond acceptors (Lipinski definition) is 0. The van der Waals surface area contributed by atoms with Gasteiger partial charge in [-0.05, 0) is 24.1 Å². The molecule has 0 saturated carbocycles. The zero-order valence-corrected chi connectivity index (χ0v) is 12.4. The summed E-state index contributed by atoms with van der Waals surface area (Å²) in [4.78, 5) is 0. The SMILES string of the molecule is CC.CCC.Cc1ccc(CC(F)(F)F)c(Cl)c1. The van der Waals surface area contributed by atoms with E-state index in [9.17, 15) is 13.2 Å². The summed E-state index contributed by atoms with van der Waals surface area (Å²) in [7, 11) is 0. The van der Waals surface area contributed by atoms with Crippen molar-refractivity contribution in [2.75, 3.05) is 0 Å². The van der Waals surface area contributed by atoms with Crippen LogP contribution in [0.1, 0.15) is 45.2 Å². The third-order valence-electron chi connectivity index (χ3n) is 1.60. The summed E-state index contributed by atoms with van der Waals surface area (Å²) < 4.78 is 35.9. The molecule has 18 heavy (non-hydrogen) atoms. The minimum Gasteiger partial charge on any atom is -0.171 e. The minimum absolute atomic E-state index is 0.125. The molecule has 0 atom stereocenters. The average molecular weight is 283 g/mol. The Morgan fingerprint density at radius 2 is 1.56 bits per heavy atom. The Morgan fingerprint density at radius 3 is 1.89 bits per heavy atom. The molecule has 0 aliphatic heterocycles. The van der Waals surface area contributed by atoms with Crippen molar-refractivity contribution >= 4 is 11.6 Å². The van der Waals surface area contributed by atoms with E-state index in [2.05, 4.69) is 13.8 Å². The maximum Gasteiger partial charge on any atom is 0.393 e. The van der Waals surface area contributed by atoms with Gasteiger partial charge < -0.3 is 0 Å². The van der Waals surface area contributed by atoms with Gasteiger partial charge in [0.1, 0.15) is 0 Å². The van der Waals surface area contributed by atoms with Gasteiger partial charge >= 0.3 is 6.18 Å². The zero-order chi connectivity index (χ0) is 14.8. The molecule has 0 spiro atoms. The van der Waals surface area contributed by atoms with E-state index in [0.717, 1.165) is 5.56 Å². The van der Waals surface area contributed by atoms with Gasteiger partial charge in [0.2, 0.25) is 0 Å². The van der Waals surface area contributed by atoms with Crippen LogP contribution in [-0.2, 0) is 6.42 Å². The second-order valence-electron chi connectivity index (χ2n) is 3.59. The van der Waals surface area contributed by atoms with Crippen molar-refractivity contribution in [2.45, 2.75) is 53.6 Å².